The van der Waals surface area contributed by atoms with E-state index in [1.54, 1.807) is 25.7 Å². The molecule has 0 aromatic heterocycles. The van der Waals surface area contributed by atoms with Crippen LogP contribution in [-0.2, 0) is 51.7 Å². The molecule has 4 heterocycles. The van der Waals surface area contributed by atoms with Crippen molar-refractivity contribution in [1.29, 1.82) is 0 Å². The van der Waals surface area contributed by atoms with Gasteiger partial charge in [-0.2, -0.15) is 0 Å². The summed E-state index contributed by atoms with van der Waals surface area (Å²) in [6.45, 7) is 8.42. The molecule has 56 heavy (non-hydrogen) atoms. The van der Waals surface area contributed by atoms with Crippen molar-refractivity contribution >= 4 is 45.6 Å². The normalized spacial score (nSPS) is 28.5. The van der Waals surface area contributed by atoms with Crippen LogP contribution in [0.3, 0.4) is 0 Å². The number of alkyl carbamates (subject to hydrolysis) is 1. The molecular weight excluding hydrogens is 745 g/mol. The van der Waals surface area contributed by atoms with Crippen LogP contribution in [-0.4, -0.2) is 116 Å². The van der Waals surface area contributed by atoms with Gasteiger partial charge in [0.1, 0.15) is 29.3 Å². The minimum atomic E-state index is -3.91. The second-order valence-electron chi connectivity index (χ2n) is 16.8. The SMILES string of the molecule is CC(C)(C)OC(=O)N[C@@H]1CCCCCC=C[C@@H]2C[C@@]2(C(=O)NS(=O)(=O)C2CC2)NC(=O)[C@@H]2C[C@@H](OC(=O)N3Cc4cccc(N5CCOCC5)c4C3)CN2C1=O. The van der Waals surface area contributed by atoms with E-state index >= 15 is 0 Å². The van der Waals surface area contributed by atoms with Gasteiger partial charge in [0.2, 0.25) is 21.8 Å². The average molecular weight is 799 g/mol. The van der Waals surface area contributed by atoms with Gasteiger partial charge < -0.3 is 34.6 Å². The number of hydrogen-bond donors (Lipinski definition) is 3. The van der Waals surface area contributed by atoms with Crippen molar-refractivity contribution < 1.29 is 46.6 Å². The van der Waals surface area contributed by atoms with E-state index in [0.717, 1.165) is 42.7 Å². The molecule has 4 aliphatic heterocycles. The average Bonchev–Trinajstić information content (AvgIpc) is 4.03. The van der Waals surface area contributed by atoms with E-state index in [1.807, 2.05) is 30.4 Å². The Bertz CT molecular complexity index is 1860. The first-order chi connectivity index (χ1) is 26.6. The third-order valence-electron chi connectivity index (χ3n) is 11.4. The van der Waals surface area contributed by atoms with Crippen molar-refractivity contribution in [3.8, 4) is 0 Å². The van der Waals surface area contributed by atoms with Gasteiger partial charge in [-0.1, -0.05) is 37.1 Å². The van der Waals surface area contributed by atoms with E-state index in [9.17, 15) is 32.4 Å². The number of ether oxygens (including phenoxy) is 3. The molecule has 5 atom stereocenters. The zero-order chi connectivity index (χ0) is 39.8. The third kappa shape index (κ3) is 8.93. The number of hydrogen-bond acceptors (Lipinski definition) is 11. The lowest BCUT2D eigenvalue weighted by molar-refractivity contribution is -0.141. The Morgan fingerprint density at radius 1 is 1.02 bits per heavy atom. The Morgan fingerprint density at radius 3 is 2.52 bits per heavy atom. The van der Waals surface area contributed by atoms with Gasteiger partial charge in [-0.05, 0) is 76.5 Å². The minimum absolute atomic E-state index is 0.0686. The molecule has 7 rings (SSSR count). The molecule has 1 aromatic rings. The second kappa shape index (κ2) is 15.9. The molecule has 4 fully saturated rings. The van der Waals surface area contributed by atoms with Gasteiger partial charge in [-0.25, -0.2) is 18.0 Å². The van der Waals surface area contributed by atoms with Crippen LogP contribution in [0.5, 0.6) is 0 Å². The summed E-state index contributed by atoms with van der Waals surface area (Å²) in [5.74, 6) is -2.49. The number of morpholine rings is 1. The number of carbonyl (C=O) groups excluding carboxylic acids is 5. The van der Waals surface area contributed by atoms with E-state index in [1.165, 1.54) is 4.90 Å². The number of anilines is 1. The molecular formula is C39H54N6O10S. The van der Waals surface area contributed by atoms with Crippen molar-refractivity contribution in [2.75, 3.05) is 37.7 Å². The fourth-order valence-electron chi connectivity index (χ4n) is 8.15. The predicted molar refractivity (Wildman–Crippen MR) is 204 cm³/mol. The van der Waals surface area contributed by atoms with Crippen LogP contribution in [0.2, 0.25) is 0 Å². The van der Waals surface area contributed by atoms with Crippen LogP contribution < -0.4 is 20.3 Å². The topological polar surface area (TPSA) is 193 Å². The van der Waals surface area contributed by atoms with Crippen LogP contribution in [0.1, 0.15) is 89.7 Å². The number of nitrogens with zero attached hydrogens (tertiary/aromatic N) is 3. The highest BCUT2D eigenvalue weighted by Crippen LogP contribution is 2.46. The molecule has 0 unspecified atom stereocenters. The molecule has 17 heteroatoms. The zero-order valence-corrected chi connectivity index (χ0v) is 33.2. The fraction of sp³-hybridized carbons (Fsp3) is 0.667. The van der Waals surface area contributed by atoms with E-state index in [-0.39, 0.29) is 25.8 Å². The van der Waals surface area contributed by atoms with Crippen molar-refractivity contribution in [3.63, 3.8) is 0 Å². The quantitative estimate of drug-likeness (QED) is 0.359. The zero-order valence-electron chi connectivity index (χ0n) is 32.4. The molecule has 5 amide bonds. The van der Waals surface area contributed by atoms with Gasteiger partial charge in [0, 0.05) is 37.7 Å². The summed E-state index contributed by atoms with van der Waals surface area (Å²) in [5, 5.41) is 4.91. The molecule has 16 nitrogen and oxygen atoms in total. The number of carbonyl (C=O) groups is 5. The van der Waals surface area contributed by atoms with Gasteiger partial charge in [0.25, 0.3) is 5.91 Å². The highest BCUT2D eigenvalue weighted by atomic mass is 32.2. The number of allylic oxidation sites excluding steroid dienone is 1. The van der Waals surface area contributed by atoms with Crippen molar-refractivity contribution in [3.05, 3.63) is 41.5 Å². The largest absolute Gasteiger partial charge is 0.444 e. The fourth-order valence-corrected chi connectivity index (χ4v) is 9.51. The number of amides is 5. The minimum Gasteiger partial charge on any atom is -0.444 e. The summed E-state index contributed by atoms with van der Waals surface area (Å²) < 4.78 is 44.9. The molecule has 306 valence electrons. The molecule has 2 saturated heterocycles. The number of sulfonamides is 1. The van der Waals surface area contributed by atoms with Crippen LogP contribution in [0, 0.1) is 5.92 Å². The van der Waals surface area contributed by atoms with Crippen LogP contribution in [0.15, 0.2) is 30.4 Å². The second-order valence-corrected chi connectivity index (χ2v) is 18.8. The Morgan fingerprint density at radius 2 is 1.79 bits per heavy atom. The number of rotatable bonds is 6. The predicted octanol–water partition coefficient (Wildman–Crippen LogP) is 2.84. The van der Waals surface area contributed by atoms with Crippen LogP contribution >= 0.6 is 0 Å². The maximum absolute atomic E-state index is 14.5. The first-order valence-corrected chi connectivity index (χ1v) is 21.4. The summed E-state index contributed by atoms with van der Waals surface area (Å²) in [6.07, 6.45) is 5.63. The van der Waals surface area contributed by atoms with Crippen molar-refractivity contribution in [1.82, 2.24) is 25.2 Å². The molecule has 0 radical (unpaired) electrons. The summed E-state index contributed by atoms with van der Waals surface area (Å²) in [5.41, 5.74) is 0.740. The Labute approximate surface area is 328 Å². The number of nitrogens with one attached hydrogen (secondary N) is 3. The van der Waals surface area contributed by atoms with Crippen molar-refractivity contribution in [2.24, 2.45) is 5.92 Å². The van der Waals surface area contributed by atoms with E-state index in [2.05, 4.69) is 20.3 Å². The Kier molecular flexibility index (Phi) is 11.3. The first-order valence-electron chi connectivity index (χ1n) is 19.9. The smallest absolute Gasteiger partial charge is 0.410 e. The summed E-state index contributed by atoms with van der Waals surface area (Å²) in [6, 6.07) is 3.77. The summed E-state index contributed by atoms with van der Waals surface area (Å²) in [7, 11) is -3.91. The molecule has 3 N–H and O–H groups in total. The maximum Gasteiger partial charge on any atom is 0.410 e. The maximum atomic E-state index is 14.5. The number of benzene rings is 1. The monoisotopic (exact) mass is 798 g/mol. The molecule has 1 aromatic carbocycles. The van der Waals surface area contributed by atoms with Gasteiger partial charge in [-0.15, -0.1) is 0 Å². The van der Waals surface area contributed by atoms with Gasteiger partial charge in [0.15, 0.2) is 0 Å². The molecule has 6 aliphatic rings. The number of fused-ring (bicyclic) bond motifs is 3. The molecule has 2 saturated carbocycles. The summed E-state index contributed by atoms with van der Waals surface area (Å²) >= 11 is 0. The van der Waals surface area contributed by atoms with E-state index in [0.29, 0.717) is 52.0 Å². The van der Waals surface area contributed by atoms with Crippen LogP contribution in [0.4, 0.5) is 15.3 Å². The third-order valence-corrected chi connectivity index (χ3v) is 13.2. The highest BCUT2D eigenvalue weighted by Gasteiger charge is 2.62. The lowest BCUT2D eigenvalue weighted by Gasteiger charge is -2.30. The molecule has 2 aliphatic carbocycles. The standard InChI is InChI=1S/C39H54N6O10S/c1-38(2,3)55-36(49)40-30-12-8-6-4-5-7-11-26-21-39(26,35(48)42-56(51,52)28-14-15-28)41-33(46)32-20-27(23-45(32)34(30)47)54-37(50)44-22-25-10-9-13-31(29(25)24-44)43-16-18-53-19-17-43/h7,9-11,13,26-28,30,32H,4-6,8,12,14-24H2,1-3H3,(H,40,49)(H,41,46)(H,42,48)/t26-,27-,30-,32+,39-/m1/s1. The summed E-state index contributed by atoms with van der Waals surface area (Å²) in [4.78, 5) is 74.4. The van der Waals surface area contributed by atoms with E-state index < -0.39 is 80.4 Å². The van der Waals surface area contributed by atoms with Gasteiger partial charge in [0.05, 0.1) is 31.6 Å². The van der Waals surface area contributed by atoms with Crippen LogP contribution in [0.25, 0.3) is 0 Å². The van der Waals surface area contributed by atoms with E-state index in [4.69, 9.17) is 14.2 Å². The van der Waals surface area contributed by atoms with Gasteiger partial charge in [-0.3, -0.25) is 24.0 Å². The lowest BCUT2D eigenvalue weighted by atomic mass is 10.0. The first kappa shape index (κ1) is 39.8. The van der Waals surface area contributed by atoms with Gasteiger partial charge >= 0.3 is 12.2 Å². The molecule has 0 bridgehead atoms. The lowest BCUT2D eigenvalue weighted by Crippen LogP contribution is -2.58. The highest BCUT2D eigenvalue weighted by molar-refractivity contribution is 7.91. The Balaban J connectivity index is 1.12. The van der Waals surface area contributed by atoms with Crippen molar-refractivity contribution in [2.45, 2.75) is 126 Å². The Hall–Kier alpha value is -4.38. The molecule has 0 spiro atoms.